The minimum atomic E-state index is -3.55. The van der Waals surface area contributed by atoms with Gasteiger partial charge in [-0.05, 0) is 62.4 Å². The Bertz CT molecular complexity index is 1150. The summed E-state index contributed by atoms with van der Waals surface area (Å²) in [5.41, 5.74) is 3.15. The van der Waals surface area contributed by atoms with Gasteiger partial charge in [-0.3, -0.25) is 13.9 Å². The first-order valence-electron chi connectivity index (χ1n) is 12.3. The fourth-order valence-electron chi connectivity index (χ4n) is 3.90. The molecule has 0 saturated carbocycles. The highest BCUT2D eigenvalue weighted by atomic mass is 35.5. The molecular weight excluding hydrogens is 498 g/mol. The molecule has 7 nitrogen and oxygen atoms in total. The number of amides is 2. The Morgan fingerprint density at radius 3 is 2.42 bits per heavy atom. The van der Waals surface area contributed by atoms with Crippen molar-refractivity contribution < 1.29 is 18.0 Å². The molecule has 0 fully saturated rings. The molecule has 2 amide bonds. The van der Waals surface area contributed by atoms with E-state index < -0.39 is 16.1 Å². The molecule has 0 saturated heterocycles. The zero-order valence-electron chi connectivity index (χ0n) is 21.9. The van der Waals surface area contributed by atoms with E-state index >= 15 is 0 Å². The van der Waals surface area contributed by atoms with Crippen molar-refractivity contribution in [1.82, 2.24) is 10.2 Å². The van der Waals surface area contributed by atoms with Gasteiger partial charge < -0.3 is 10.2 Å². The van der Waals surface area contributed by atoms with Crippen molar-refractivity contribution in [3.63, 3.8) is 0 Å². The predicted octanol–water partition coefficient (Wildman–Crippen LogP) is 4.84. The van der Waals surface area contributed by atoms with Gasteiger partial charge in [0.15, 0.2) is 0 Å². The summed E-state index contributed by atoms with van der Waals surface area (Å²) in [4.78, 5) is 27.7. The molecule has 0 bridgehead atoms. The van der Waals surface area contributed by atoms with E-state index in [1.54, 1.807) is 13.0 Å². The van der Waals surface area contributed by atoms with Crippen LogP contribution >= 0.6 is 11.6 Å². The van der Waals surface area contributed by atoms with E-state index in [2.05, 4.69) is 5.32 Å². The molecule has 0 aliphatic heterocycles. The van der Waals surface area contributed by atoms with Crippen LogP contribution in [-0.2, 0) is 26.2 Å². The van der Waals surface area contributed by atoms with E-state index in [1.807, 2.05) is 57.2 Å². The second-order valence-electron chi connectivity index (χ2n) is 9.16. The largest absolute Gasteiger partial charge is 0.354 e. The highest BCUT2D eigenvalue weighted by Gasteiger charge is 2.27. The number of carbonyl (C=O) groups excluding carboxylic acids is 2. The molecular formula is C27H38ClN3O4S. The lowest BCUT2D eigenvalue weighted by molar-refractivity contribution is -0.140. The standard InChI is InChI=1S/C27H38ClN3O4S/c1-6-7-16-29-27(33)22(4)30(19-23-11-8-9-12-24(23)28)26(32)13-10-17-31(36(5,34)35)25-18-20(2)14-15-21(25)3/h8-9,11-12,14-15,18,22H,6-7,10,13,16-17,19H2,1-5H3,(H,29,33). The molecule has 9 heteroatoms. The van der Waals surface area contributed by atoms with Gasteiger partial charge in [0.05, 0.1) is 11.9 Å². The average Bonchev–Trinajstić information content (AvgIpc) is 2.81. The zero-order valence-corrected chi connectivity index (χ0v) is 23.5. The monoisotopic (exact) mass is 535 g/mol. The average molecular weight is 536 g/mol. The number of carbonyl (C=O) groups is 2. The molecule has 2 aromatic carbocycles. The van der Waals surface area contributed by atoms with E-state index in [9.17, 15) is 18.0 Å². The molecule has 0 radical (unpaired) electrons. The summed E-state index contributed by atoms with van der Waals surface area (Å²) in [6, 6.07) is 12.2. The van der Waals surface area contributed by atoms with Gasteiger partial charge in [0.25, 0.3) is 0 Å². The second kappa shape index (κ2) is 13.7. The van der Waals surface area contributed by atoms with Gasteiger partial charge in [0.1, 0.15) is 6.04 Å². The molecule has 198 valence electrons. The smallest absolute Gasteiger partial charge is 0.242 e. The molecule has 0 heterocycles. The van der Waals surface area contributed by atoms with E-state index in [0.717, 1.165) is 29.5 Å². The Labute approximate surface area is 220 Å². The van der Waals surface area contributed by atoms with Gasteiger partial charge in [-0.25, -0.2) is 8.42 Å². The van der Waals surface area contributed by atoms with Crippen molar-refractivity contribution in [2.24, 2.45) is 0 Å². The van der Waals surface area contributed by atoms with Crippen LogP contribution in [-0.4, -0.2) is 50.5 Å². The zero-order chi connectivity index (χ0) is 26.9. The van der Waals surface area contributed by atoms with Crippen molar-refractivity contribution in [2.45, 2.75) is 66.0 Å². The molecule has 0 aromatic heterocycles. The van der Waals surface area contributed by atoms with Gasteiger partial charge in [-0.15, -0.1) is 0 Å². The minimum Gasteiger partial charge on any atom is -0.354 e. The number of rotatable bonds is 13. The normalized spacial score (nSPS) is 12.2. The van der Waals surface area contributed by atoms with Crippen LogP contribution in [0.5, 0.6) is 0 Å². The minimum absolute atomic E-state index is 0.0912. The lowest BCUT2D eigenvalue weighted by Gasteiger charge is -2.30. The first kappa shape index (κ1) is 29.6. The number of aryl methyl sites for hydroxylation is 2. The number of nitrogens with one attached hydrogen (secondary N) is 1. The third kappa shape index (κ3) is 8.52. The number of benzene rings is 2. The molecule has 1 atom stereocenters. The van der Waals surface area contributed by atoms with Gasteiger partial charge in [0.2, 0.25) is 21.8 Å². The molecule has 0 spiro atoms. The molecule has 0 aliphatic carbocycles. The second-order valence-corrected chi connectivity index (χ2v) is 11.5. The molecule has 0 aliphatic rings. The maximum Gasteiger partial charge on any atom is 0.242 e. The van der Waals surface area contributed by atoms with E-state index in [1.165, 1.54) is 15.5 Å². The molecule has 36 heavy (non-hydrogen) atoms. The summed E-state index contributed by atoms with van der Waals surface area (Å²) < 4.78 is 26.5. The third-order valence-electron chi connectivity index (χ3n) is 6.08. The number of nitrogens with zero attached hydrogens (tertiary/aromatic N) is 2. The Hall–Kier alpha value is -2.58. The van der Waals surface area contributed by atoms with Crippen LogP contribution in [0.25, 0.3) is 0 Å². The van der Waals surface area contributed by atoms with Crippen LogP contribution in [0.4, 0.5) is 5.69 Å². The Morgan fingerprint density at radius 2 is 1.78 bits per heavy atom. The van der Waals surface area contributed by atoms with Crippen LogP contribution in [0.15, 0.2) is 42.5 Å². The van der Waals surface area contributed by atoms with Crippen molar-refractivity contribution >= 4 is 39.1 Å². The summed E-state index contributed by atoms with van der Waals surface area (Å²) in [7, 11) is -3.55. The number of unbranched alkanes of at least 4 members (excludes halogenated alkanes) is 1. The van der Waals surface area contributed by atoms with Crippen molar-refractivity contribution in [3.05, 3.63) is 64.2 Å². The predicted molar refractivity (Wildman–Crippen MR) is 147 cm³/mol. The molecule has 1 N–H and O–H groups in total. The van der Waals surface area contributed by atoms with Crippen molar-refractivity contribution in [2.75, 3.05) is 23.7 Å². The van der Waals surface area contributed by atoms with Crippen LogP contribution < -0.4 is 9.62 Å². The maximum absolute atomic E-state index is 13.4. The summed E-state index contributed by atoms with van der Waals surface area (Å²) in [5, 5.41) is 3.41. The summed E-state index contributed by atoms with van der Waals surface area (Å²) in [5.74, 6) is -0.459. The number of halogens is 1. The Balaban J connectivity index is 2.19. The van der Waals surface area contributed by atoms with Gasteiger partial charge in [-0.2, -0.15) is 0 Å². The molecule has 2 rings (SSSR count). The van der Waals surface area contributed by atoms with Crippen LogP contribution in [0, 0.1) is 13.8 Å². The van der Waals surface area contributed by atoms with Crippen LogP contribution in [0.2, 0.25) is 5.02 Å². The number of sulfonamides is 1. The van der Waals surface area contributed by atoms with E-state index in [-0.39, 0.29) is 31.3 Å². The number of hydrogen-bond acceptors (Lipinski definition) is 4. The first-order chi connectivity index (χ1) is 17.0. The SMILES string of the molecule is CCCCNC(=O)C(C)N(Cc1ccccc1Cl)C(=O)CCCN(c1cc(C)ccc1C)S(C)(=O)=O. The highest BCUT2D eigenvalue weighted by Crippen LogP contribution is 2.25. The summed E-state index contributed by atoms with van der Waals surface area (Å²) in [6.45, 7) is 8.41. The first-order valence-corrected chi connectivity index (χ1v) is 14.5. The van der Waals surface area contributed by atoms with Gasteiger partial charge >= 0.3 is 0 Å². The quantitative estimate of drug-likeness (QED) is 0.372. The number of hydrogen-bond donors (Lipinski definition) is 1. The van der Waals surface area contributed by atoms with Gasteiger partial charge in [0, 0.05) is 31.1 Å². The fourth-order valence-corrected chi connectivity index (χ4v) is 5.11. The lowest BCUT2D eigenvalue weighted by Crippen LogP contribution is -2.48. The fraction of sp³-hybridized carbons (Fsp3) is 0.481. The van der Waals surface area contributed by atoms with Gasteiger partial charge in [-0.1, -0.05) is 55.3 Å². The third-order valence-corrected chi connectivity index (χ3v) is 7.63. The van der Waals surface area contributed by atoms with Crippen molar-refractivity contribution in [1.29, 1.82) is 0 Å². The van der Waals surface area contributed by atoms with Crippen molar-refractivity contribution in [3.8, 4) is 0 Å². The van der Waals surface area contributed by atoms with E-state index in [4.69, 9.17) is 11.6 Å². The topological polar surface area (TPSA) is 86.8 Å². The van der Waals surface area contributed by atoms with Crippen LogP contribution in [0.1, 0.15) is 56.2 Å². The maximum atomic E-state index is 13.4. The van der Waals surface area contributed by atoms with Crippen LogP contribution in [0.3, 0.4) is 0 Å². The molecule has 1 unspecified atom stereocenters. The Morgan fingerprint density at radius 1 is 1.08 bits per heavy atom. The highest BCUT2D eigenvalue weighted by molar-refractivity contribution is 7.92. The molecule has 2 aromatic rings. The number of anilines is 1. The van der Waals surface area contributed by atoms with E-state index in [0.29, 0.717) is 23.7 Å². The lowest BCUT2D eigenvalue weighted by atomic mass is 10.1. The summed E-state index contributed by atoms with van der Waals surface area (Å²) >= 11 is 6.34. The summed E-state index contributed by atoms with van der Waals surface area (Å²) in [6.07, 6.45) is 3.38. The Kier molecular flexibility index (Phi) is 11.2.